The van der Waals surface area contributed by atoms with Gasteiger partial charge in [0.05, 0.1) is 16.8 Å². The molecule has 25 heavy (non-hydrogen) atoms. The van der Waals surface area contributed by atoms with Crippen molar-refractivity contribution in [1.82, 2.24) is 0 Å². The van der Waals surface area contributed by atoms with Crippen molar-refractivity contribution in [3.05, 3.63) is 59.5 Å². The van der Waals surface area contributed by atoms with Crippen LogP contribution in [0.1, 0.15) is 46.1 Å². The Bertz CT molecular complexity index is 824. The van der Waals surface area contributed by atoms with Crippen LogP contribution in [0.5, 0.6) is 0 Å². The number of hydrogen-bond acceptors (Lipinski definition) is 2. The smallest absolute Gasteiger partial charge is 0.0896 e. The Morgan fingerprint density at radius 1 is 1.00 bits per heavy atom. The zero-order chi connectivity index (χ0) is 17.6. The minimum atomic E-state index is 0.275. The lowest BCUT2D eigenvalue weighted by Gasteiger charge is -2.46. The van der Waals surface area contributed by atoms with Crippen molar-refractivity contribution in [3.8, 4) is 11.1 Å². The molecule has 2 aromatic carbocycles. The van der Waals surface area contributed by atoms with E-state index in [9.17, 15) is 0 Å². The first-order valence-electron chi connectivity index (χ1n) is 9.45. The average Bonchev–Trinajstić information content (AvgIpc) is 3.13. The Morgan fingerprint density at radius 2 is 1.64 bits per heavy atom. The highest BCUT2D eigenvalue weighted by atomic mass is 32.2. The Morgan fingerprint density at radius 3 is 2.32 bits per heavy atom. The molecule has 3 unspecified atom stereocenters. The minimum Gasteiger partial charge on any atom is -0.326 e. The molecule has 3 atom stereocenters. The Hall–Kier alpha value is -1.67. The molecule has 0 radical (unpaired) electrons. The zero-order valence-corrected chi connectivity index (χ0v) is 16.4. The first kappa shape index (κ1) is 16.8. The first-order chi connectivity index (χ1) is 12.1. The predicted octanol–water partition coefficient (Wildman–Crippen LogP) is 7.01. The molecule has 130 valence electrons. The topological polar surface area (TPSA) is 3.24 Å². The Balaban J connectivity index is 1.88. The average molecular weight is 350 g/mol. The summed E-state index contributed by atoms with van der Waals surface area (Å²) in [6.07, 6.45) is 2.42. The molecule has 0 N–H and O–H groups in total. The second-order valence-corrected chi connectivity index (χ2v) is 8.55. The van der Waals surface area contributed by atoms with Crippen molar-refractivity contribution in [3.63, 3.8) is 0 Å². The number of para-hydroxylation sites is 1. The molecule has 2 aromatic rings. The number of rotatable bonds is 4. The summed E-state index contributed by atoms with van der Waals surface area (Å²) < 4.78 is 0. The van der Waals surface area contributed by atoms with Gasteiger partial charge in [-0.05, 0) is 29.4 Å². The van der Waals surface area contributed by atoms with E-state index in [1.807, 2.05) is 11.8 Å². The highest BCUT2D eigenvalue weighted by molar-refractivity contribution is 8.03. The van der Waals surface area contributed by atoms with Crippen LogP contribution in [0.4, 0.5) is 5.69 Å². The fourth-order valence-corrected chi connectivity index (χ4v) is 5.92. The summed E-state index contributed by atoms with van der Waals surface area (Å²) in [6, 6.07) is 17.8. The maximum Gasteiger partial charge on any atom is 0.0896 e. The van der Waals surface area contributed by atoms with Crippen LogP contribution in [0.25, 0.3) is 16.8 Å². The number of hydrogen-bond donors (Lipinski definition) is 0. The van der Waals surface area contributed by atoms with Crippen molar-refractivity contribution in [2.75, 3.05) is 4.90 Å². The van der Waals surface area contributed by atoms with Gasteiger partial charge in [-0.1, -0.05) is 76.6 Å². The lowest BCUT2D eigenvalue weighted by molar-refractivity contribution is 0.183. The third-order valence-corrected chi connectivity index (χ3v) is 7.89. The molecule has 0 aromatic heterocycles. The van der Waals surface area contributed by atoms with Gasteiger partial charge >= 0.3 is 0 Å². The van der Waals surface area contributed by atoms with Gasteiger partial charge in [-0.3, -0.25) is 0 Å². The summed E-state index contributed by atoms with van der Waals surface area (Å²) in [5.41, 5.74) is 7.13. The molecule has 1 nitrogen and oxygen atoms in total. The molecule has 0 saturated heterocycles. The minimum absolute atomic E-state index is 0.275. The van der Waals surface area contributed by atoms with Gasteiger partial charge in [-0.25, -0.2) is 0 Å². The van der Waals surface area contributed by atoms with Gasteiger partial charge in [-0.15, -0.1) is 11.8 Å². The lowest BCUT2D eigenvalue weighted by Crippen LogP contribution is -2.45. The molecule has 0 saturated carbocycles. The summed E-state index contributed by atoms with van der Waals surface area (Å²) in [5.74, 6) is 0.687. The van der Waals surface area contributed by atoms with E-state index in [-0.39, 0.29) is 5.41 Å². The van der Waals surface area contributed by atoms with Crippen LogP contribution >= 0.6 is 11.8 Å². The van der Waals surface area contributed by atoms with Gasteiger partial charge in [0.15, 0.2) is 0 Å². The number of thioether (sulfide) groups is 1. The molecule has 2 heteroatoms. The van der Waals surface area contributed by atoms with Crippen LogP contribution in [-0.4, -0.2) is 5.37 Å². The molecule has 0 spiro atoms. The molecule has 2 aliphatic rings. The summed E-state index contributed by atoms with van der Waals surface area (Å²) in [5, 5.41) is 2.85. The molecule has 0 amide bonds. The van der Waals surface area contributed by atoms with Crippen LogP contribution in [-0.2, 0) is 0 Å². The maximum absolute atomic E-state index is 2.62. The molecule has 0 bridgehead atoms. The van der Waals surface area contributed by atoms with Gasteiger partial charge in [0.1, 0.15) is 0 Å². The fraction of sp³-hybridized carbons (Fsp3) is 0.391. The van der Waals surface area contributed by atoms with E-state index in [0.717, 1.165) is 0 Å². The molecule has 2 heterocycles. The standard InChI is InChI=1S/C23H27NS/c1-5-16(3)23(4,6-2)22-24-20-14-10-9-12-18(20)17-11-7-8-13-19(17)21(24)15-25-22/h7-16,22H,5-6H2,1-4H3. The van der Waals surface area contributed by atoms with Gasteiger partial charge in [0.2, 0.25) is 0 Å². The van der Waals surface area contributed by atoms with E-state index in [1.165, 1.54) is 40.9 Å². The van der Waals surface area contributed by atoms with E-state index < -0.39 is 0 Å². The number of benzene rings is 2. The van der Waals surface area contributed by atoms with Gasteiger partial charge in [0, 0.05) is 16.5 Å². The quantitative estimate of drug-likeness (QED) is 0.584. The predicted molar refractivity (Wildman–Crippen MR) is 112 cm³/mol. The van der Waals surface area contributed by atoms with Gasteiger partial charge in [-0.2, -0.15) is 0 Å². The van der Waals surface area contributed by atoms with Crippen molar-refractivity contribution in [2.45, 2.75) is 45.9 Å². The van der Waals surface area contributed by atoms with E-state index in [4.69, 9.17) is 0 Å². The first-order valence-corrected chi connectivity index (χ1v) is 10.4. The van der Waals surface area contributed by atoms with Crippen LogP contribution in [0.3, 0.4) is 0 Å². The molecular formula is C23H27NS. The molecule has 4 rings (SSSR count). The highest BCUT2D eigenvalue weighted by Crippen LogP contribution is 2.56. The number of nitrogens with zero attached hydrogens (tertiary/aromatic N) is 1. The van der Waals surface area contributed by atoms with E-state index in [2.05, 4.69) is 86.5 Å². The van der Waals surface area contributed by atoms with Crippen molar-refractivity contribution in [1.29, 1.82) is 0 Å². The van der Waals surface area contributed by atoms with Crippen molar-refractivity contribution < 1.29 is 0 Å². The maximum atomic E-state index is 2.62. The lowest BCUT2D eigenvalue weighted by atomic mass is 9.73. The van der Waals surface area contributed by atoms with E-state index >= 15 is 0 Å². The summed E-state index contributed by atoms with van der Waals surface area (Å²) in [6.45, 7) is 9.59. The molecule has 0 fully saturated rings. The zero-order valence-electron chi connectivity index (χ0n) is 15.6. The highest BCUT2D eigenvalue weighted by Gasteiger charge is 2.46. The monoisotopic (exact) mass is 349 g/mol. The molecule has 2 aliphatic heterocycles. The Kier molecular flexibility index (Phi) is 4.19. The van der Waals surface area contributed by atoms with Crippen LogP contribution < -0.4 is 4.90 Å². The number of anilines is 1. The SMILES string of the molecule is CCC(C)C(C)(CC)C1SC=C2c3ccccc3-c3ccccc3N21. The largest absolute Gasteiger partial charge is 0.326 e. The van der Waals surface area contributed by atoms with Crippen molar-refractivity contribution in [2.24, 2.45) is 11.3 Å². The van der Waals surface area contributed by atoms with E-state index in [1.54, 1.807) is 0 Å². The van der Waals surface area contributed by atoms with Crippen LogP contribution in [0.15, 0.2) is 53.9 Å². The molecular weight excluding hydrogens is 322 g/mol. The second-order valence-electron chi connectivity index (χ2n) is 7.59. The Labute approximate surface area is 156 Å². The third kappa shape index (κ3) is 2.38. The number of fused-ring (bicyclic) bond motifs is 6. The van der Waals surface area contributed by atoms with E-state index in [0.29, 0.717) is 11.3 Å². The van der Waals surface area contributed by atoms with Crippen LogP contribution in [0.2, 0.25) is 0 Å². The van der Waals surface area contributed by atoms with Gasteiger partial charge in [0.25, 0.3) is 0 Å². The van der Waals surface area contributed by atoms with Gasteiger partial charge < -0.3 is 4.90 Å². The second kappa shape index (κ2) is 6.25. The summed E-state index contributed by atoms with van der Waals surface area (Å²) in [7, 11) is 0. The van der Waals surface area contributed by atoms with Crippen LogP contribution in [0, 0.1) is 11.3 Å². The third-order valence-electron chi connectivity index (χ3n) is 6.52. The summed E-state index contributed by atoms with van der Waals surface area (Å²) in [4.78, 5) is 2.62. The van der Waals surface area contributed by atoms with Crippen molar-refractivity contribution >= 4 is 23.1 Å². The summed E-state index contributed by atoms with van der Waals surface area (Å²) >= 11 is 2.01. The normalized spacial score (nSPS) is 21.7. The molecule has 0 aliphatic carbocycles. The fourth-order valence-electron chi connectivity index (χ4n) is 4.36.